The predicted octanol–water partition coefficient (Wildman–Crippen LogP) is 3.74. The van der Waals surface area contributed by atoms with Gasteiger partial charge in [0.05, 0.1) is 17.1 Å². The molecule has 1 saturated heterocycles. The topological polar surface area (TPSA) is 29.9 Å². The van der Waals surface area contributed by atoms with Gasteiger partial charge in [-0.05, 0) is 57.9 Å². The summed E-state index contributed by atoms with van der Waals surface area (Å²) in [6, 6.07) is 7.46. The summed E-state index contributed by atoms with van der Waals surface area (Å²) in [4.78, 5) is 4.92. The molecule has 1 atom stereocenters. The zero-order chi connectivity index (χ0) is 13.4. The Morgan fingerprint density at radius 3 is 2.84 bits per heavy atom. The molecule has 1 aromatic heterocycles. The van der Waals surface area contributed by atoms with Gasteiger partial charge in [0.15, 0.2) is 0 Å². The first-order valence-corrected chi connectivity index (χ1v) is 7.38. The van der Waals surface area contributed by atoms with Gasteiger partial charge < -0.3 is 9.88 Å². The van der Waals surface area contributed by atoms with Crippen LogP contribution in [0.25, 0.3) is 11.0 Å². The SMILES string of the molecule is Cc1ccc2c(c1)nc(C1CCCCN1)n2C(C)C. The van der Waals surface area contributed by atoms with E-state index in [1.54, 1.807) is 0 Å². The van der Waals surface area contributed by atoms with Crippen LogP contribution in [0.4, 0.5) is 0 Å². The maximum absolute atomic E-state index is 4.92. The molecule has 2 heterocycles. The highest BCUT2D eigenvalue weighted by Gasteiger charge is 2.23. The van der Waals surface area contributed by atoms with E-state index in [9.17, 15) is 0 Å². The molecule has 19 heavy (non-hydrogen) atoms. The highest BCUT2D eigenvalue weighted by Crippen LogP contribution is 2.29. The third kappa shape index (κ3) is 2.27. The normalized spacial score (nSPS) is 20.3. The summed E-state index contributed by atoms with van der Waals surface area (Å²) in [7, 11) is 0. The Balaban J connectivity index is 2.13. The van der Waals surface area contributed by atoms with Crippen LogP contribution < -0.4 is 5.32 Å². The van der Waals surface area contributed by atoms with Gasteiger partial charge in [0.2, 0.25) is 0 Å². The largest absolute Gasteiger partial charge is 0.324 e. The van der Waals surface area contributed by atoms with Gasteiger partial charge in [-0.3, -0.25) is 0 Å². The second-order valence-corrected chi connectivity index (χ2v) is 5.93. The van der Waals surface area contributed by atoms with E-state index in [-0.39, 0.29) is 0 Å². The summed E-state index contributed by atoms with van der Waals surface area (Å²) in [6.45, 7) is 7.73. The van der Waals surface area contributed by atoms with Crippen LogP contribution in [0.5, 0.6) is 0 Å². The molecule has 1 N–H and O–H groups in total. The highest BCUT2D eigenvalue weighted by atomic mass is 15.1. The number of piperidine rings is 1. The van der Waals surface area contributed by atoms with Crippen LogP contribution in [-0.2, 0) is 0 Å². The van der Waals surface area contributed by atoms with Crippen molar-refractivity contribution in [3.63, 3.8) is 0 Å². The Morgan fingerprint density at radius 2 is 2.16 bits per heavy atom. The lowest BCUT2D eigenvalue weighted by molar-refractivity contribution is 0.380. The van der Waals surface area contributed by atoms with E-state index in [1.165, 1.54) is 36.2 Å². The quantitative estimate of drug-likeness (QED) is 0.888. The van der Waals surface area contributed by atoms with Crippen LogP contribution >= 0.6 is 0 Å². The van der Waals surface area contributed by atoms with Crippen molar-refractivity contribution in [2.45, 2.75) is 52.1 Å². The monoisotopic (exact) mass is 257 g/mol. The first-order chi connectivity index (χ1) is 9.16. The summed E-state index contributed by atoms with van der Waals surface area (Å²) >= 11 is 0. The minimum Gasteiger partial charge on any atom is -0.324 e. The van der Waals surface area contributed by atoms with Crippen molar-refractivity contribution in [2.75, 3.05) is 6.54 Å². The van der Waals surface area contributed by atoms with Crippen molar-refractivity contribution in [1.29, 1.82) is 0 Å². The van der Waals surface area contributed by atoms with Crippen molar-refractivity contribution in [3.05, 3.63) is 29.6 Å². The number of nitrogens with zero attached hydrogens (tertiary/aromatic N) is 2. The number of hydrogen-bond acceptors (Lipinski definition) is 2. The van der Waals surface area contributed by atoms with E-state index in [1.807, 2.05) is 0 Å². The van der Waals surface area contributed by atoms with E-state index in [2.05, 4.69) is 48.9 Å². The second kappa shape index (κ2) is 4.97. The Labute approximate surface area is 115 Å². The van der Waals surface area contributed by atoms with Crippen LogP contribution in [0.15, 0.2) is 18.2 Å². The molecule has 3 rings (SSSR count). The van der Waals surface area contributed by atoms with E-state index in [4.69, 9.17) is 4.98 Å². The minimum atomic E-state index is 0.420. The number of rotatable bonds is 2. The third-order valence-electron chi connectivity index (χ3n) is 4.01. The number of aromatic nitrogens is 2. The first kappa shape index (κ1) is 12.7. The second-order valence-electron chi connectivity index (χ2n) is 5.93. The number of imidazole rings is 1. The maximum atomic E-state index is 4.92. The lowest BCUT2D eigenvalue weighted by atomic mass is 10.0. The number of nitrogens with one attached hydrogen (secondary N) is 1. The summed E-state index contributed by atoms with van der Waals surface area (Å²) in [5.41, 5.74) is 3.68. The first-order valence-electron chi connectivity index (χ1n) is 7.38. The Hall–Kier alpha value is -1.35. The van der Waals surface area contributed by atoms with Crippen LogP contribution in [-0.4, -0.2) is 16.1 Å². The van der Waals surface area contributed by atoms with Gasteiger partial charge in [-0.25, -0.2) is 4.98 Å². The molecule has 0 spiro atoms. The predicted molar refractivity (Wildman–Crippen MR) is 79.4 cm³/mol. The molecule has 1 aliphatic rings. The number of hydrogen-bond donors (Lipinski definition) is 1. The molecule has 3 heteroatoms. The fraction of sp³-hybridized carbons (Fsp3) is 0.562. The molecular formula is C16H23N3. The van der Waals surface area contributed by atoms with Gasteiger partial charge in [0.25, 0.3) is 0 Å². The van der Waals surface area contributed by atoms with Gasteiger partial charge in [-0.15, -0.1) is 0 Å². The molecule has 0 radical (unpaired) electrons. The molecule has 0 amide bonds. The van der Waals surface area contributed by atoms with Crippen molar-refractivity contribution >= 4 is 11.0 Å². The van der Waals surface area contributed by atoms with Crippen LogP contribution in [0.1, 0.15) is 56.6 Å². The highest BCUT2D eigenvalue weighted by molar-refractivity contribution is 5.77. The molecule has 0 aliphatic carbocycles. The lowest BCUT2D eigenvalue weighted by Gasteiger charge is -2.25. The van der Waals surface area contributed by atoms with E-state index in [0.29, 0.717) is 12.1 Å². The summed E-state index contributed by atoms with van der Waals surface area (Å²) in [6.07, 6.45) is 3.80. The number of aryl methyl sites for hydroxylation is 1. The number of fused-ring (bicyclic) bond motifs is 1. The summed E-state index contributed by atoms with van der Waals surface area (Å²) in [5, 5.41) is 3.62. The van der Waals surface area contributed by atoms with Crippen LogP contribution in [0, 0.1) is 6.92 Å². The molecule has 0 saturated carbocycles. The lowest BCUT2D eigenvalue weighted by Crippen LogP contribution is -2.29. The molecule has 0 bridgehead atoms. The van der Waals surface area contributed by atoms with E-state index < -0.39 is 0 Å². The summed E-state index contributed by atoms with van der Waals surface area (Å²) in [5.74, 6) is 1.22. The molecule has 1 aromatic carbocycles. The smallest absolute Gasteiger partial charge is 0.127 e. The van der Waals surface area contributed by atoms with Gasteiger partial charge in [-0.2, -0.15) is 0 Å². The fourth-order valence-electron chi connectivity index (χ4n) is 3.09. The molecule has 2 aromatic rings. The molecule has 1 aliphatic heterocycles. The average Bonchev–Trinajstić information content (AvgIpc) is 2.78. The zero-order valence-electron chi connectivity index (χ0n) is 12.1. The number of benzene rings is 1. The van der Waals surface area contributed by atoms with Gasteiger partial charge in [0.1, 0.15) is 5.82 Å². The average molecular weight is 257 g/mol. The van der Waals surface area contributed by atoms with Crippen molar-refractivity contribution in [3.8, 4) is 0 Å². The fourth-order valence-corrected chi connectivity index (χ4v) is 3.09. The van der Waals surface area contributed by atoms with Crippen molar-refractivity contribution in [2.24, 2.45) is 0 Å². The third-order valence-corrected chi connectivity index (χ3v) is 4.01. The van der Waals surface area contributed by atoms with E-state index >= 15 is 0 Å². The molecule has 1 fully saturated rings. The summed E-state index contributed by atoms with van der Waals surface area (Å²) < 4.78 is 2.40. The van der Waals surface area contributed by atoms with E-state index in [0.717, 1.165) is 12.1 Å². The van der Waals surface area contributed by atoms with Gasteiger partial charge >= 0.3 is 0 Å². The van der Waals surface area contributed by atoms with Crippen LogP contribution in [0.3, 0.4) is 0 Å². The molecule has 3 nitrogen and oxygen atoms in total. The van der Waals surface area contributed by atoms with Crippen molar-refractivity contribution in [1.82, 2.24) is 14.9 Å². The zero-order valence-corrected chi connectivity index (χ0v) is 12.1. The molecule has 102 valence electrons. The Kier molecular flexibility index (Phi) is 3.31. The van der Waals surface area contributed by atoms with Gasteiger partial charge in [-0.1, -0.05) is 12.5 Å². The van der Waals surface area contributed by atoms with Gasteiger partial charge in [0, 0.05) is 6.04 Å². The Morgan fingerprint density at radius 1 is 1.32 bits per heavy atom. The Bertz CT molecular complexity index is 577. The van der Waals surface area contributed by atoms with Crippen molar-refractivity contribution < 1.29 is 0 Å². The standard InChI is InChI=1S/C16H23N3/c1-11(2)19-15-8-7-12(3)10-14(15)18-16(19)13-6-4-5-9-17-13/h7-8,10-11,13,17H,4-6,9H2,1-3H3. The van der Waals surface area contributed by atoms with Crippen LogP contribution in [0.2, 0.25) is 0 Å². The minimum absolute atomic E-state index is 0.420. The maximum Gasteiger partial charge on any atom is 0.127 e. The molecular weight excluding hydrogens is 234 g/mol. The molecule has 1 unspecified atom stereocenters.